The van der Waals surface area contributed by atoms with Crippen LogP contribution in [0.1, 0.15) is 36.7 Å². The van der Waals surface area contributed by atoms with Gasteiger partial charge in [0, 0.05) is 5.56 Å². The second-order valence-electron chi connectivity index (χ2n) is 5.15. The first-order valence-electron chi connectivity index (χ1n) is 5.70. The maximum Gasteiger partial charge on any atom is 0.416 e. The summed E-state index contributed by atoms with van der Waals surface area (Å²) in [5.74, 6) is -1.45. The summed E-state index contributed by atoms with van der Waals surface area (Å²) in [5.41, 5.74) is 0.193. The zero-order valence-electron chi connectivity index (χ0n) is 11.2. The van der Waals surface area contributed by atoms with Crippen LogP contribution in [0.15, 0.2) is 24.3 Å². The van der Waals surface area contributed by atoms with Gasteiger partial charge >= 0.3 is 12.1 Å². The first-order valence-corrected chi connectivity index (χ1v) is 5.70. The van der Waals surface area contributed by atoms with Gasteiger partial charge in [0.1, 0.15) is 0 Å². The minimum atomic E-state index is -4.46. The Labute approximate surface area is 113 Å². The Morgan fingerprint density at radius 3 is 1.95 bits per heavy atom. The van der Waals surface area contributed by atoms with Crippen molar-refractivity contribution in [2.45, 2.75) is 26.9 Å². The highest BCUT2D eigenvalue weighted by molar-refractivity contribution is 5.94. The van der Waals surface area contributed by atoms with Gasteiger partial charge in [0.05, 0.1) is 11.0 Å². The smallest absolute Gasteiger partial charge is 0.340 e. The fourth-order valence-corrected chi connectivity index (χ4v) is 1.12. The van der Waals surface area contributed by atoms with Gasteiger partial charge in [0.2, 0.25) is 0 Å². The molecule has 20 heavy (non-hydrogen) atoms. The van der Waals surface area contributed by atoms with Gasteiger partial charge in [0.15, 0.2) is 0 Å². The first kappa shape index (κ1) is 16.0. The number of nitrogens with one attached hydrogen (secondary N) is 1. The van der Waals surface area contributed by atoms with Crippen molar-refractivity contribution in [1.82, 2.24) is 5.48 Å². The normalized spacial score (nSPS) is 11.9. The molecule has 0 saturated heterocycles. The van der Waals surface area contributed by atoms with E-state index in [1.807, 2.05) is 5.48 Å². The van der Waals surface area contributed by atoms with Crippen LogP contribution < -0.4 is 5.48 Å². The monoisotopic (exact) mass is 289 g/mol. The molecular formula is C13H14F3NO3. The Morgan fingerprint density at radius 2 is 1.55 bits per heavy atom. The number of benzene rings is 1. The predicted molar refractivity (Wildman–Crippen MR) is 64.5 cm³/mol. The predicted octanol–water partition coefficient (Wildman–Crippen LogP) is 2.94. The molecule has 0 bridgehead atoms. The Morgan fingerprint density at radius 1 is 1.05 bits per heavy atom. The van der Waals surface area contributed by atoms with Crippen molar-refractivity contribution in [1.29, 1.82) is 0 Å². The number of halogens is 3. The van der Waals surface area contributed by atoms with E-state index in [1.54, 1.807) is 20.8 Å². The highest BCUT2D eigenvalue weighted by atomic mass is 19.4. The standard InChI is InChI=1S/C13H14F3NO3/c1-12(2,3)11(19)20-17-10(18)8-4-6-9(7-5-8)13(14,15)16/h4-7H,1-3H3,(H,17,18). The van der Waals surface area contributed by atoms with Crippen molar-refractivity contribution in [3.63, 3.8) is 0 Å². The van der Waals surface area contributed by atoms with Gasteiger partial charge in [0.25, 0.3) is 5.91 Å². The van der Waals surface area contributed by atoms with Gasteiger partial charge in [-0.05, 0) is 45.0 Å². The summed E-state index contributed by atoms with van der Waals surface area (Å²) in [6.07, 6.45) is -4.46. The molecule has 0 atom stereocenters. The number of rotatable bonds is 1. The van der Waals surface area contributed by atoms with E-state index < -0.39 is 29.0 Å². The van der Waals surface area contributed by atoms with Gasteiger partial charge in [-0.2, -0.15) is 18.7 Å². The fourth-order valence-electron chi connectivity index (χ4n) is 1.12. The number of hydroxylamine groups is 1. The largest absolute Gasteiger partial charge is 0.416 e. The Bertz CT molecular complexity index is 501. The highest BCUT2D eigenvalue weighted by Crippen LogP contribution is 2.29. The van der Waals surface area contributed by atoms with Crippen LogP contribution >= 0.6 is 0 Å². The lowest BCUT2D eigenvalue weighted by molar-refractivity contribution is -0.158. The molecule has 0 radical (unpaired) electrons. The number of carbonyl (C=O) groups excluding carboxylic acids is 2. The molecule has 1 amide bonds. The molecule has 0 spiro atoms. The van der Waals surface area contributed by atoms with E-state index in [1.165, 1.54) is 0 Å². The maximum atomic E-state index is 12.3. The molecule has 110 valence electrons. The fraction of sp³-hybridized carbons (Fsp3) is 0.385. The first-order chi connectivity index (χ1) is 9.01. The second-order valence-corrected chi connectivity index (χ2v) is 5.15. The van der Waals surface area contributed by atoms with Crippen molar-refractivity contribution >= 4 is 11.9 Å². The molecule has 0 saturated carbocycles. The number of alkyl halides is 3. The van der Waals surface area contributed by atoms with E-state index in [9.17, 15) is 22.8 Å². The Kier molecular flexibility index (Phi) is 4.42. The van der Waals surface area contributed by atoms with Crippen molar-refractivity contribution in [2.75, 3.05) is 0 Å². The lowest BCUT2D eigenvalue weighted by atomic mass is 9.98. The molecule has 7 heteroatoms. The molecule has 1 rings (SSSR count). The lowest BCUT2D eigenvalue weighted by Crippen LogP contribution is -2.33. The average Bonchev–Trinajstić information content (AvgIpc) is 2.33. The van der Waals surface area contributed by atoms with Gasteiger partial charge in [-0.3, -0.25) is 4.79 Å². The third-order valence-corrected chi connectivity index (χ3v) is 2.32. The summed E-state index contributed by atoms with van der Waals surface area (Å²) in [6.45, 7) is 4.79. The second kappa shape index (κ2) is 5.52. The minimum Gasteiger partial charge on any atom is -0.340 e. The van der Waals surface area contributed by atoms with E-state index in [0.29, 0.717) is 0 Å². The van der Waals surface area contributed by atoms with E-state index in [2.05, 4.69) is 4.84 Å². The maximum absolute atomic E-state index is 12.3. The molecule has 0 unspecified atom stereocenters. The van der Waals surface area contributed by atoms with E-state index in [4.69, 9.17) is 0 Å². The molecule has 1 N–H and O–H groups in total. The minimum absolute atomic E-state index is 0.0419. The van der Waals surface area contributed by atoms with Crippen LogP contribution in [-0.4, -0.2) is 11.9 Å². The van der Waals surface area contributed by atoms with Crippen LogP contribution in [-0.2, 0) is 15.8 Å². The van der Waals surface area contributed by atoms with Crippen LogP contribution in [0, 0.1) is 5.41 Å². The van der Waals surface area contributed by atoms with Crippen molar-refractivity contribution < 1.29 is 27.6 Å². The average molecular weight is 289 g/mol. The lowest BCUT2D eigenvalue weighted by Gasteiger charge is -2.16. The molecule has 4 nitrogen and oxygen atoms in total. The molecule has 0 aliphatic heterocycles. The summed E-state index contributed by atoms with van der Waals surface area (Å²) in [7, 11) is 0. The molecule has 1 aromatic carbocycles. The summed E-state index contributed by atoms with van der Waals surface area (Å²) in [5, 5.41) is 0. The topological polar surface area (TPSA) is 55.4 Å². The summed E-state index contributed by atoms with van der Waals surface area (Å²) in [4.78, 5) is 27.5. The van der Waals surface area contributed by atoms with Crippen LogP contribution in [0.4, 0.5) is 13.2 Å². The van der Waals surface area contributed by atoms with Crippen LogP contribution in [0.25, 0.3) is 0 Å². The third-order valence-electron chi connectivity index (χ3n) is 2.32. The molecule has 0 aromatic heterocycles. The van der Waals surface area contributed by atoms with Crippen LogP contribution in [0.5, 0.6) is 0 Å². The zero-order chi connectivity index (χ0) is 15.6. The molecule has 0 heterocycles. The van der Waals surface area contributed by atoms with E-state index in [0.717, 1.165) is 24.3 Å². The van der Waals surface area contributed by atoms with E-state index in [-0.39, 0.29) is 5.56 Å². The third kappa shape index (κ3) is 4.25. The number of hydrogen-bond acceptors (Lipinski definition) is 3. The highest BCUT2D eigenvalue weighted by Gasteiger charge is 2.30. The Balaban J connectivity index is 2.68. The van der Waals surface area contributed by atoms with Crippen molar-refractivity contribution in [3.8, 4) is 0 Å². The van der Waals surface area contributed by atoms with Gasteiger partial charge < -0.3 is 4.84 Å². The van der Waals surface area contributed by atoms with Crippen molar-refractivity contribution in [3.05, 3.63) is 35.4 Å². The summed E-state index contributed by atoms with van der Waals surface area (Å²) >= 11 is 0. The Hall–Kier alpha value is -2.05. The van der Waals surface area contributed by atoms with Gasteiger partial charge in [-0.15, -0.1) is 0 Å². The van der Waals surface area contributed by atoms with Gasteiger partial charge in [-0.25, -0.2) is 4.79 Å². The van der Waals surface area contributed by atoms with Crippen molar-refractivity contribution in [2.24, 2.45) is 5.41 Å². The molecule has 1 aromatic rings. The molecular weight excluding hydrogens is 275 g/mol. The number of carbonyl (C=O) groups is 2. The summed E-state index contributed by atoms with van der Waals surface area (Å²) < 4.78 is 37.0. The summed E-state index contributed by atoms with van der Waals surface area (Å²) in [6, 6.07) is 3.56. The molecule has 0 aliphatic rings. The van der Waals surface area contributed by atoms with Crippen LogP contribution in [0.3, 0.4) is 0 Å². The molecule has 0 aliphatic carbocycles. The number of amides is 1. The van der Waals surface area contributed by atoms with E-state index >= 15 is 0 Å². The number of hydrogen-bond donors (Lipinski definition) is 1. The zero-order valence-corrected chi connectivity index (χ0v) is 11.2. The molecule has 0 fully saturated rings. The quantitative estimate of drug-likeness (QED) is 0.809. The van der Waals surface area contributed by atoms with Gasteiger partial charge in [-0.1, -0.05) is 0 Å². The van der Waals surface area contributed by atoms with Crippen LogP contribution in [0.2, 0.25) is 0 Å². The SMILES string of the molecule is CC(C)(C)C(=O)ONC(=O)c1ccc(C(F)(F)F)cc1.